The fourth-order valence-corrected chi connectivity index (χ4v) is 5.38. The van der Waals surface area contributed by atoms with Crippen molar-refractivity contribution in [3.63, 3.8) is 0 Å². The Balaban J connectivity index is 1.56. The topological polar surface area (TPSA) is 69.0 Å². The van der Waals surface area contributed by atoms with E-state index in [1.807, 2.05) is 30.3 Å². The van der Waals surface area contributed by atoms with Gasteiger partial charge in [0.15, 0.2) is 5.78 Å². The quantitative estimate of drug-likeness (QED) is 0.512. The molecular weight excluding hydrogens is 439 g/mol. The average molecular weight is 465 g/mol. The highest BCUT2D eigenvalue weighted by Gasteiger charge is 2.42. The van der Waals surface area contributed by atoms with Gasteiger partial charge in [0.1, 0.15) is 17.6 Å². The van der Waals surface area contributed by atoms with Gasteiger partial charge in [0.25, 0.3) is 0 Å². The second-order valence-corrected chi connectivity index (χ2v) is 10.1. The van der Waals surface area contributed by atoms with Crippen molar-refractivity contribution in [2.24, 2.45) is 5.41 Å². The molecule has 170 valence electrons. The van der Waals surface area contributed by atoms with E-state index in [0.717, 1.165) is 28.8 Å². The standard InChI is InChI=1S/C25H25FN4O2S/c1-25(2)12-18-21(19(31)13-25)22(17-9-4-5-10-20(17)32-3)30-23(27-18)28-24(29-30)33-14-15-7-6-8-16(26)11-15/h4-11,22H,12-14H2,1-3H3,(H,27,28,29)/t22-/m0/s1. The van der Waals surface area contributed by atoms with E-state index in [1.54, 1.807) is 17.9 Å². The third-order valence-electron chi connectivity index (χ3n) is 6.00. The number of allylic oxidation sites excluding steroid dienone is 2. The summed E-state index contributed by atoms with van der Waals surface area (Å²) in [4.78, 5) is 18.1. The number of ether oxygens (including phenoxy) is 1. The van der Waals surface area contributed by atoms with Gasteiger partial charge in [0.2, 0.25) is 11.1 Å². The van der Waals surface area contributed by atoms with Crippen molar-refractivity contribution in [1.82, 2.24) is 14.8 Å². The third kappa shape index (κ3) is 4.15. The fourth-order valence-electron chi connectivity index (χ4n) is 4.61. The SMILES string of the molecule is COc1ccccc1[C@H]1C2=C(CC(C)(C)CC2=O)Nc2nc(SCc3cccc(F)c3)nn21. The Morgan fingerprint density at radius 3 is 2.82 bits per heavy atom. The molecule has 5 rings (SSSR count). The van der Waals surface area contributed by atoms with Gasteiger partial charge in [-0.15, -0.1) is 5.10 Å². The molecule has 33 heavy (non-hydrogen) atoms. The first-order chi connectivity index (χ1) is 15.8. The second-order valence-electron chi connectivity index (χ2n) is 9.18. The van der Waals surface area contributed by atoms with Crippen molar-refractivity contribution in [3.8, 4) is 5.75 Å². The minimum Gasteiger partial charge on any atom is -0.496 e. The molecule has 0 saturated carbocycles. The Morgan fingerprint density at radius 2 is 2.03 bits per heavy atom. The lowest BCUT2D eigenvalue weighted by atomic mass is 9.73. The number of ketones is 1. The molecule has 0 spiro atoms. The van der Waals surface area contributed by atoms with Crippen LogP contribution in [0.15, 0.2) is 65.0 Å². The number of fused-ring (bicyclic) bond motifs is 1. The average Bonchev–Trinajstić information content (AvgIpc) is 3.18. The highest BCUT2D eigenvalue weighted by Crippen LogP contribution is 2.47. The highest BCUT2D eigenvalue weighted by atomic mass is 32.2. The van der Waals surface area contributed by atoms with Crippen LogP contribution in [-0.4, -0.2) is 27.7 Å². The van der Waals surface area contributed by atoms with Gasteiger partial charge < -0.3 is 10.1 Å². The van der Waals surface area contributed by atoms with Gasteiger partial charge in [0, 0.05) is 29.0 Å². The number of hydrogen-bond donors (Lipinski definition) is 1. The molecule has 1 aliphatic carbocycles. The van der Waals surface area contributed by atoms with Crippen molar-refractivity contribution in [2.75, 3.05) is 12.4 Å². The Kier molecular flexibility index (Phi) is 5.48. The van der Waals surface area contributed by atoms with E-state index in [2.05, 4.69) is 19.2 Å². The van der Waals surface area contributed by atoms with Crippen LogP contribution in [0, 0.1) is 11.2 Å². The number of carbonyl (C=O) groups excluding carboxylic acids is 1. The Hall–Kier alpha value is -3.13. The maximum Gasteiger partial charge on any atom is 0.227 e. The van der Waals surface area contributed by atoms with E-state index < -0.39 is 6.04 Å². The van der Waals surface area contributed by atoms with Crippen LogP contribution in [0.5, 0.6) is 5.75 Å². The molecule has 0 amide bonds. The molecule has 0 bridgehead atoms. The molecule has 2 aromatic carbocycles. The zero-order valence-corrected chi connectivity index (χ0v) is 19.6. The molecule has 1 N–H and O–H groups in total. The lowest BCUT2D eigenvalue weighted by Gasteiger charge is -2.38. The number of nitrogens with zero attached hydrogens (tertiary/aromatic N) is 3. The first-order valence-electron chi connectivity index (χ1n) is 10.8. The van der Waals surface area contributed by atoms with E-state index in [-0.39, 0.29) is 17.0 Å². The molecule has 0 fully saturated rings. The van der Waals surface area contributed by atoms with Crippen molar-refractivity contribution in [2.45, 2.75) is 43.6 Å². The van der Waals surface area contributed by atoms with Crippen molar-refractivity contribution >= 4 is 23.5 Å². The Labute approximate surface area is 196 Å². The summed E-state index contributed by atoms with van der Waals surface area (Å²) in [5.41, 5.74) is 3.21. The smallest absolute Gasteiger partial charge is 0.227 e. The maximum absolute atomic E-state index is 13.6. The number of halogens is 1. The van der Waals surface area contributed by atoms with Crippen LogP contribution in [0.4, 0.5) is 10.3 Å². The number of carbonyl (C=O) groups is 1. The maximum atomic E-state index is 13.6. The fraction of sp³-hybridized carbons (Fsp3) is 0.320. The summed E-state index contributed by atoms with van der Waals surface area (Å²) in [7, 11) is 1.63. The number of anilines is 1. The molecule has 0 unspecified atom stereocenters. The lowest BCUT2D eigenvalue weighted by Crippen LogP contribution is -2.36. The van der Waals surface area contributed by atoms with Gasteiger partial charge in [-0.25, -0.2) is 9.07 Å². The molecule has 1 aliphatic heterocycles. The molecule has 2 heterocycles. The van der Waals surface area contributed by atoms with Gasteiger partial charge in [-0.3, -0.25) is 4.79 Å². The highest BCUT2D eigenvalue weighted by molar-refractivity contribution is 7.98. The van der Waals surface area contributed by atoms with E-state index in [4.69, 9.17) is 14.8 Å². The number of Topliss-reactive ketones (excluding diaryl/α,β-unsaturated/α-hetero) is 1. The van der Waals surface area contributed by atoms with E-state index in [1.165, 1.54) is 23.9 Å². The van der Waals surface area contributed by atoms with E-state index in [0.29, 0.717) is 29.0 Å². The third-order valence-corrected chi connectivity index (χ3v) is 6.91. The minimum atomic E-state index is -0.424. The number of methoxy groups -OCH3 is 1. The summed E-state index contributed by atoms with van der Waals surface area (Å²) in [6.45, 7) is 4.21. The normalized spacial score (nSPS) is 19.0. The number of para-hydroxylation sites is 1. The van der Waals surface area contributed by atoms with Crippen LogP contribution < -0.4 is 10.1 Å². The van der Waals surface area contributed by atoms with Crippen molar-refractivity contribution in [1.29, 1.82) is 0 Å². The summed E-state index contributed by atoms with van der Waals surface area (Å²) in [6.07, 6.45) is 1.22. The number of nitrogens with one attached hydrogen (secondary N) is 1. The summed E-state index contributed by atoms with van der Waals surface area (Å²) in [5.74, 6) is 1.68. The number of thioether (sulfide) groups is 1. The molecule has 2 aliphatic rings. The summed E-state index contributed by atoms with van der Waals surface area (Å²) < 4.78 is 21.0. The Morgan fingerprint density at radius 1 is 1.21 bits per heavy atom. The van der Waals surface area contributed by atoms with Gasteiger partial charge >= 0.3 is 0 Å². The number of hydrogen-bond acceptors (Lipinski definition) is 6. The van der Waals surface area contributed by atoms with Crippen molar-refractivity contribution < 1.29 is 13.9 Å². The minimum absolute atomic E-state index is 0.111. The number of aromatic nitrogens is 3. The van der Waals surface area contributed by atoms with Gasteiger partial charge in [0.05, 0.1) is 7.11 Å². The zero-order valence-electron chi connectivity index (χ0n) is 18.8. The van der Waals surface area contributed by atoms with Crippen LogP contribution in [0.25, 0.3) is 0 Å². The number of rotatable bonds is 5. The van der Waals surface area contributed by atoms with Gasteiger partial charge in [-0.1, -0.05) is 55.9 Å². The molecule has 1 atom stereocenters. The molecule has 8 heteroatoms. The summed E-state index contributed by atoms with van der Waals surface area (Å²) in [6, 6.07) is 13.8. The molecule has 1 aromatic heterocycles. The lowest BCUT2D eigenvalue weighted by molar-refractivity contribution is -0.118. The van der Waals surface area contributed by atoms with Crippen LogP contribution in [0.3, 0.4) is 0 Å². The monoisotopic (exact) mass is 464 g/mol. The van der Waals surface area contributed by atoms with E-state index >= 15 is 0 Å². The molecule has 3 aromatic rings. The van der Waals surface area contributed by atoms with Gasteiger partial charge in [-0.05, 0) is 35.6 Å². The summed E-state index contributed by atoms with van der Waals surface area (Å²) >= 11 is 1.43. The zero-order chi connectivity index (χ0) is 23.2. The second kappa shape index (κ2) is 8.33. The molecular formula is C25H25FN4O2S. The molecule has 0 saturated heterocycles. The van der Waals surface area contributed by atoms with Crippen LogP contribution in [-0.2, 0) is 10.5 Å². The first kappa shape index (κ1) is 21.7. The Bertz CT molecular complexity index is 1270. The predicted octanol–water partition coefficient (Wildman–Crippen LogP) is 5.38. The molecule has 0 radical (unpaired) electrons. The predicted molar refractivity (Wildman–Crippen MR) is 126 cm³/mol. The largest absolute Gasteiger partial charge is 0.496 e. The van der Waals surface area contributed by atoms with Crippen LogP contribution in [0.2, 0.25) is 0 Å². The number of benzene rings is 2. The first-order valence-corrected chi connectivity index (χ1v) is 11.8. The van der Waals surface area contributed by atoms with Crippen molar-refractivity contribution in [3.05, 3.63) is 76.7 Å². The molecule has 6 nitrogen and oxygen atoms in total. The summed E-state index contributed by atoms with van der Waals surface area (Å²) in [5, 5.41) is 8.70. The van der Waals surface area contributed by atoms with Crippen LogP contribution >= 0.6 is 11.8 Å². The van der Waals surface area contributed by atoms with Crippen LogP contribution in [0.1, 0.15) is 43.9 Å². The van der Waals surface area contributed by atoms with Gasteiger partial charge in [-0.2, -0.15) is 4.98 Å². The van der Waals surface area contributed by atoms with E-state index in [9.17, 15) is 9.18 Å².